The first-order valence-corrected chi connectivity index (χ1v) is 8.57. The van der Waals surface area contributed by atoms with Crippen molar-refractivity contribution in [3.05, 3.63) is 29.0 Å². The van der Waals surface area contributed by atoms with Crippen LogP contribution in [0.5, 0.6) is 17.2 Å². The molecule has 0 bridgehead atoms. The first-order chi connectivity index (χ1) is 12.8. The molecule has 2 N–H and O–H groups in total. The van der Waals surface area contributed by atoms with Crippen LogP contribution in [-0.2, 0) is 9.53 Å². The number of carbonyl (C=O) groups excluding carboxylic acids is 2. The van der Waals surface area contributed by atoms with Gasteiger partial charge in [0, 0.05) is 5.70 Å². The number of amides is 2. The Morgan fingerprint density at radius 3 is 2.19 bits per heavy atom. The van der Waals surface area contributed by atoms with E-state index in [0.717, 1.165) is 0 Å². The second-order valence-corrected chi connectivity index (χ2v) is 6.52. The number of allylic oxidation sites excluding steroid dienone is 1. The van der Waals surface area contributed by atoms with Gasteiger partial charge >= 0.3 is 12.0 Å². The van der Waals surface area contributed by atoms with Gasteiger partial charge in [0.1, 0.15) is 0 Å². The Morgan fingerprint density at radius 2 is 1.70 bits per heavy atom. The first-order valence-electron chi connectivity index (χ1n) is 8.57. The molecule has 0 saturated heterocycles. The van der Waals surface area contributed by atoms with Crippen LogP contribution in [0.15, 0.2) is 23.4 Å². The number of rotatable bonds is 7. The Bertz CT molecular complexity index is 732. The lowest BCUT2D eigenvalue weighted by atomic mass is 9.95. The number of carbonyl (C=O) groups is 2. The summed E-state index contributed by atoms with van der Waals surface area (Å²) in [7, 11) is 4.51. The molecule has 0 radical (unpaired) electrons. The summed E-state index contributed by atoms with van der Waals surface area (Å²) in [5.74, 6) is 0.973. The molecule has 0 fully saturated rings. The third-order valence-electron chi connectivity index (χ3n) is 4.06. The van der Waals surface area contributed by atoms with E-state index >= 15 is 0 Å². The Balaban J connectivity index is 2.51. The summed E-state index contributed by atoms with van der Waals surface area (Å²) in [6, 6.07) is 2.26. The van der Waals surface area contributed by atoms with Gasteiger partial charge in [-0.2, -0.15) is 0 Å². The fourth-order valence-electron chi connectivity index (χ4n) is 2.80. The van der Waals surface area contributed by atoms with E-state index in [1.54, 1.807) is 19.1 Å². The Kier molecular flexibility index (Phi) is 6.55. The zero-order valence-corrected chi connectivity index (χ0v) is 16.5. The molecule has 1 aromatic rings. The summed E-state index contributed by atoms with van der Waals surface area (Å²) in [4.78, 5) is 24.7. The fraction of sp³-hybridized carbons (Fsp3) is 0.474. The van der Waals surface area contributed by atoms with Crippen LogP contribution in [0.1, 0.15) is 32.4 Å². The fourth-order valence-corrected chi connectivity index (χ4v) is 2.80. The minimum Gasteiger partial charge on any atom is -0.493 e. The van der Waals surface area contributed by atoms with Gasteiger partial charge in [-0.1, -0.05) is 13.8 Å². The van der Waals surface area contributed by atoms with Crippen molar-refractivity contribution in [1.82, 2.24) is 10.6 Å². The van der Waals surface area contributed by atoms with Gasteiger partial charge in [0.15, 0.2) is 11.5 Å². The van der Waals surface area contributed by atoms with E-state index in [-0.39, 0.29) is 12.5 Å². The van der Waals surface area contributed by atoms with Crippen molar-refractivity contribution in [3.8, 4) is 17.2 Å². The molecular formula is C19H26N2O6. The van der Waals surface area contributed by atoms with E-state index in [2.05, 4.69) is 10.6 Å². The Labute approximate surface area is 158 Å². The van der Waals surface area contributed by atoms with Crippen molar-refractivity contribution >= 4 is 12.0 Å². The molecule has 0 aromatic heterocycles. The van der Waals surface area contributed by atoms with Crippen LogP contribution in [0.25, 0.3) is 0 Å². The summed E-state index contributed by atoms with van der Waals surface area (Å²) >= 11 is 0. The quantitative estimate of drug-likeness (QED) is 0.708. The van der Waals surface area contributed by atoms with Gasteiger partial charge in [-0.05, 0) is 30.5 Å². The third-order valence-corrected chi connectivity index (χ3v) is 4.06. The molecule has 0 saturated carbocycles. The number of urea groups is 1. The van der Waals surface area contributed by atoms with E-state index in [4.69, 9.17) is 18.9 Å². The van der Waals surface area contributed by atoms with Crippen molar-refractivity contribution in [2.45, 2.75) is 26.8 Å². The minimum atomic E-state index is -0.716. The molecule has 1 heterocycles. The van der Waals surface area contributed by atoms with Gasteiger partial charge in [-0.15, -0.1) is 0 Å². The molecule has 8 heteroatoms. The molecule has 0 unspecified atom stereocenters. The standard InChI is InChI=1S/C19H26N2O6/c1-10(2)9-27-18(22)15-11(3)20-19(23)21-16(15)12-7-13(24-4)17(26-6)14(8-12)25-5/h7-8,10,16H,9H2,1-6H3,(H2,20,21,23)/t16-/m0/s1. The highest BCUT2D eigenvalue weighted by atomic mass is 16.5. The smallest absolute Gasteiger partial charge is 0.338 e. The molecule has 1 aliphatic heterocycles. The van der Waals surface area contributed by atoms with Crippen molar-refractivity contribution < 1.29 is 28.5 Å². The summed E-state index contributed by atoms with van der Waals surface area (Å²) in [6.07, 6.45) is 0. The molecule has 0 spiro atoms. The van der Waals surface area contributed by atoms with Crippen LogP contribution >= 0.6 is 0 Å². The molecule has 1 atom stereocenters. The van der Waals surface area contributed by atoms with Crippen molar-refractivity contribution in [1.29, 1.82) is 0 Å². The predicted octanol–water partition coefficient (Wildman–Crippen LogP) is 2.54. The number of hydrogen-bond donors (Lipinski definition) is 2. The number of methoxy groups -OCH3 is 3. The van der Waals surface area contributed by atoms with Gasteiger partial charge in [0.05, 0.1) is 39.6 Å². The minimum absolute atomic E-state index is 0.195. The zero-order chi connectivity index (χ0) is 20.1. The van der Waals surface area contributed by atoms with Crippen LogP contribution in [-0.4, -0.2) is 39.9 Å². The van der Waals surface area contributed by atoms with Crippen LogP contribution in [0.3, 0.4) is 0 Å². The normalized spacial score (nSPS) is 16.6. The van der Waals surface area contributed by atoms with Crippen LogP contribution in [0.2, 0.25) is 0 Å². The largest absolute Gasteiger partial charge is 0.493 e. The third kappa shape index (κ3) is 4.45. The SMILES string of the molecule is COc1cc([C@@H]2NC(=O)NC(C)=C2C(=O)OCC(C)C)cc(OC)c1OC. The molecule has 27 heavy (non-hydrogen) atoms. The average Bonchev–Trinajstić information content (AvgIpc) is 2.64. The van der Waals surface area contributed by atoms with E-state index in [1.807, 2.05) is 13.8 Å². The van der Waals surface area contributed by atoms with Crippen molar-refractivity contribution in [2.75, 3.05) is 27.9 Å². The zero-order valence-electron chi connectivity index (χ0n) is 16.5. The van der Waals surface area contributed by atoms with Crippen molar-refractivity contribution in [2.24, 2.45) is 5.92 Å². The van der Waals surface area contributed by atoms with E-state index in [9.17, 15) is 9.59 Å². The van der Waals surface area contributed by atoms with Gasteiger partial charge in [-0.3, -0.25) is 0 Å². The monoisotopic (exact) mass is 378 g/mol. The highest BCUT2D eigenvalue weighted by Crippen LogP contribution is 2.41. The van der Waals surface area contributed by atoms with Gasteiger partial charge < -0.3 is 29.6 Å². The lowest BCUT2D eigenvalue weighted by molar-refractivity contribution is -0.140. The number of hydrogen-bond acceptors (Lipinski definition) is 6. The molecular weight excluding hydrogens is 352 g/mol. The number of benzene rings is 1. The van der Waals surface area contributed by atoms with Crippen molar-refractivity contribution in [3.63, 3.8) is 0 Å². The summed E-state index contributed by atoms with van der Waals surface area (Å²) < 4.78 is 21.5. The van der Waals surface area contributed by atoms with Crippen LogP contribution in [0.4, 0.5) is 4.79 Å². The molecule has 2 rings (SSSR count). The number of ether oxygens (including phenoxy) is 4. The van der Waals surface area contributed by atoms with E-state index in [1.165, 1.54) is 21.3 Å². The van der Waals surface area contributed by atoms with E-state index in [0.29, 0.717) is 34.1 Å². The Morgan fingerprint density at radius 1 is 1.11 bits per heavy atom. The summed E-state index contributed by atoms with van der Waals surface area (Å²) in [6.45, 7) is 5.85. The first kappa shape index (κ1) is 20.4. The Hall–Kier alpha value is -2.90. The highest BCUT2D eigenvalue weighted by Gasteiger charge is 2.33. The second-order valence-electron chi connectivity index (χ2n) is 6.52. The molecule has 8 nitrogen and oxygen atoms in total. The number of nitrogens with one attached hydrogen (secondary N) is 2. The summed E-state index contributed by atoms with van der Waals surface area (Å²) in [5.41, 5.74) is 1.37. The average molecular weight is 378 g/mol. The van der Waals surface area contributed by atoms with Gasteiger partial charge in [0.25, 0.3) is 0 Å². The molecule has 2 amide bonds. The number of esters is 1. The van der Waals surface area contributed by atoms with Crippen LogP contribution < -0.4 is 24.8 Å². The molecule has 148 valence electrons. The maximum Gasteiger partial charge on any atom is 0.338 e. The molecule has 1 aromatic carbocycles. The summed E-state index contributed by atoms with van der Waals surface area (Å²) in [5, 5.41) is 5.38. The van der Waals surface area contributed by atoms with Gasteiger partial charge in [-0.25, -0.2) is 9.59 Å². The second kappa shape index (κ2) is 8.66. The maximum absolute atomic E-state index is 12.7. The predicted molar refractivity (Wildman–Crippen MR) is 99.0 cm³/mol. The van der Waals surface area contributed by atoms with Crippen LogP contribution in [0, 0.1) is 5.92 Å². The molecule has 1 aliphatic rings. The topological polar surface area (TPSA) is 95.1 Å². The molecule has 0 aliphatic carbocycles. The lowest BCUT2D eigenvalue weighted by Gasteiger charge is -2.29. The lowest BCUT2D eigenvalue weighted by Crippen LogP contribution is -2.45. The van der Waals surface area contributed by atoms with E-state index < -0.39 is 18.0 Å². The van der Waals surface area contributed by atoms with Gasteiger partial charge in [0.2, 0.25) is 5.75 Å². The highest BCUT2D eigenvalue weighted by molar-refractivity contribution is 5.95. The maximum atomic E-state index is 12.7.